The molecule has 0 spiro atoms. The van der Waals surface area contributed by atoms with E-state index >= 15 is 0 Å². The van der Waals surface area contributed by atoms with Crippen LogP contribution in [0.1, 0.15) is 41.8 Å². The summed E-state index contributed by atoms with van der Waals surface area (Å²) < 4.78 is 7.10. The lowest BCUT2D eigenvalue weighted by Gasteiger charge is -2.11. The van der Waals surface area contributed by atoms with Crippen molar-refractivity contribution in [2.45, 2.75) is 50.4 Å². The van der Waals surface area contributed by atoms with Crippen molar-refractivity contribution in [3.8, 4) is 5.69 Å². The number of benzene rings is 2. The molecule has 32 heavy (non-hydrogen) atoms. The lowest BCUT2D eigenvalue weighted by Crippen LogP contribution is -2.26. The van der Waals surface area contributed by atoms with Crippen molar-refractivity contribution < 1.29 is 9.53 Å². The van der Waals surface area contributed by atoms with Crippen molar-refractivity contribution in [3.05, 3.63) is 71.0 Å². The van der Waals surface area contributed by atoms with Crippen LogP contribution in [0.4, 0.5) is 0 Å². The third kappa shape index (κ3) is 7.21. The molecule has 0 saturated carbocycles. The van der Waals surface area contributed by atoms with Gasteiger partial charge in [-0.3, -0.25) is 9.36 Å². The van der Waals surface area contributed by atoms with Gasteiger partial charge in [0.1, 0.15) is 5.82 Å². The molecule has 0 fully saturated rings. The number of rotatable bonds is 12. The Morgan fingerprint density at radius 3 is 2.53 bits per heavy atom. The number of nitrogens with zero attached hydrogens (tertiary/aromatic N) is 3. The highest BCUT2D eigenvalue weighted by Crippen LogP contribution is 2.26. The van der Waals surface area contributed by atoms with E-state index < -0.39 is 0 Å². The van der Waals surface area contributed by atoms with Crippen molar-refractivity contribution in [2.75, 3.05) is 20.3 Å². The zero-order chi connectivity index (χ0) is 22.8. The third-order valence-electron chi connectivity index (χ3n) is 5.05. The minimum Gasteiger partial charge on any atom is -0.383 e. The number of carbonyl (C=O) groups excluding carboxylic acids is 1. The number of para-hydroxylation sites is 1. The van der Waals surface area contributed by atoms with E-state index in [1.54, 1.807) is 18.9 Å². The molecule has 0 aliphatic carbocycles. The largest absolute Gasteiger partial charge is 0.383 e. The smallest absolute Gasteiger partial charge is 0.220 e. The molecule has 0 radical (unpaired) electrons. The molecule has 1 aromatic heterocycles. The van der Waals surface area contributed by atoms with Gasteiger partial charge in [0, 0.05) is 37.9 Å². The van der Waals surface area contributed by atoms with Crippen LogP contribution in [0.3, 0.4) is 0 Å². The van der Waals surface area contributed by atoms with Gasteiger partial charge in [-0.15, -0.1) is 10.2 Å². The number of carbonyl (C=O) groups is 1. The van der Waals surface area contributed by atoms with Gasteiger partial charge in [-0.1, -0.05) is 59.3 Å². The van der Waals surface area contributed by atoms with Crippen LogP contribution in [0, 0.1) is 13.8 Å². The fourth-order valence-corrected chi connectivity index (χ4v) is 4.54. The zero-order valence-electron chi connectivity index (χ0n) is 19.1. The summed E-state index contributed by atoms with van der Waals surface area (Å²) in [5.74, 6) is 1.84. The van der Waals surface area contributed by atoms with Gasteiger partial charge in [0.15, 0.2) is 5.16 Å². The topological polar surface area (TPSA) is 69.0 Å². The first-order chi connectivity index (χ1) is 15.6. The number of aromatic nitrogens is 3. The summed E-state index contributed by atoms with van der Waals surface area (Å²) in [6.45, 7) is 5.35. The fourth-order valence-electron chi connectivity index (χ4n) is 3.64. The number of methoxy groups -OCH3 is 1. The van der Waals surface area contributed by atoms with Gasteiger partial charge in [-0.25, -0.2) is 0 Å². The monoisotopic (exact) mass is 452 g/mol. The van der Waals surface area contributed by atoms with Crippen molar-refractivity contribution >= 4 is 17.7 Å². The number of ether oxygens (including phenoxy) is 1. The van der Waals surface area contributed by atoms with Gasteiger partial charge in [0.05, 0.1) is 6.61 Å². The van der Waals surface area contributed by atoms with Gasteiger partial charge in [0.2, 0.25) is 5.91 Å². The van der Waals surface area contributed by atoms with E-state index in [0.717, 1.165) is 41.7 Å². The average Bonchev–Trinajstić information content (AvgIpc) is 3.18. The normalized spacial score (nSPS) is 11.0. The average molecular weight is 453 g/mol. The predicted octanol–water partition coefficient (Wildman–Crippen LogP) is 4.65. The SMILES string of the molecule is COCCNC(=O)CCCCc1nnc(SCc2cc(C)cc(C)c2)n1-c1ccccc1. The van der Waals surface area contributed by atoms with E-state index in [9.17, 15) is 4.79 Å². The van der Waals surface area contributed by atoms with E-state index in [1.807, 2.05) is 18.2 Å². The number of amides is 1. The first-order valence-electron chi connectivity index (χ1n) is 11.0. The Bertz CT molecular complexity index is 984. The quantitative estimate of drug-likeness (QED) is 0.320. The number of nitrogens with one attached hydrogen (secondary N) is 1. The maximum absolute atomic E-state index is 11.9. The van der Waals surface area contributed by atoms with Crippen LogP contribution in [-0.4, -0.2) is 40.9 Å². The fraction of sp³-hybridized carbons (Fsp3) is 0.400. The van der Waals surface area contributed by atoms with E-state index in [0.29, 0.717) is 19.6 Å². The van der Waals surface area contributed by atoms with Gasteiger partial charge < -0.3 is 10.1 Å². The standard InChI is InChI=1S/C25H32N4O2S/c1-19-15-20(2)17-21(16-19)18-32-25-28-27-23(29(25)22-9-5-4-6-10-22)11-7-8-12-24(30)26-13-14-31-3/h4-6,9-10,15-17H,7-8,11-14,18H2,1-3H3,(H,26,30). The number of aryl methyl sites for hydroxylation is 3. The molecule has 0 aliphatic rings. The summed E-state index contributed by atoms with van der Waals surface area (Å²) in [6, 6.07) is 16.9. The summed E-state index contributed by atoms with van der Waals surface area (Å²) >= 11 is 1.70. The molecule has 170 valence electrons. The van der Waals surface area contributed by atoms with Crippen LogP contribution in [0.5, 0.6) is 0 Å². The van der Waals surface area contributed by atoms with Crippen LogP contribution in [0.2, 0.25) is 0 Å². The summed E-state index contributed by atoms with van der Waals surface area (Å²) in [5.41, 5.74) is 4.90. The van der Waals surface area contributed by atoms with Crippen LogP contribution in [0.15, 0.2) is 53.7 Å². The molecule has 2 aromatic carbocycles. The van der Waals surface area contributed by atoms with Crippen LogP contribution >= 0.6 is 11.8 Å². The van der Waals surface area contributed by atoms with Crippen LogP contribution in [-0.2, 0) is 21.7 Å². The van der Waals surface area contributed by atoms with Gasteiger partial charge in [-0.05, 0) is 44.4 Å². The molecule has 0 atom stereocenters. The summed E-state index contributed by atoms with van der Waals surface area (Å²) in [6.07, 6.45) is 2.98. The van der Waals surface area contributed by atoms with Crippen molar-refractivity contribution in [1.29, 1.82) is 0 Å². The second-order valence-electron chi connectivity index (χ2n) is 7.90. The van der Waals surface area contributed by atoms with Crippen LogP contribution < -0.4 is 5.32 Å². The van der Waals surface area contributed by atoms with Gasteiger partial charge in [0.25, 0.3) is 0 Å². The third-order valence-corrected chi connectivity index (χ3v) is 6.05. The maximum Gasteiger partial charge on any atom is 0.220 e. The van der Waals surface area contributed by atoms with Gasteiger partial charge >= 0.3 is 0 Å². The summed E-state index contributed by atoms with van der Waals surface area (Å²) in [7, 11) is 1.63. The Morgan fingerprint density at radius 2 is 1.81 bits per heavy atom. The molecule has 0 bridgehead atoms. The molecule has 1 N–H and O–H groups in total. The molecule has 0 aliphatic heterocycles. The van der Waals surface area contributed by atoms with E-state index in [2.05, 4.69) is 64.3 Å². The first-order valence-corrected chi connectivity index (χ1v) is 12.0. The lowest BCUT2D eigenvalue weighted by molar-refractivity contribution is -0.121. The van der Waals surface area contributed by atoms with Crippen LogP contribution in [0.25, 0.3) is 5.69 Å². The zero-order valence-corrected chi connectivity index (χ0v) is 20.0. The molecular formula is C25H32N4O2S. The Morgan fingerprint density at radius 1 is 1.06 bits per heavy atom. The second-order valence-corrected chi connectivity index (χ2v) is 8.85. The molecule has 6 nitrogen and oxygen atoms in total. The minimum atomic E-state index is 0.0660. The highest BCUT2D eigenvalue weighted by atomic mass is 32.2. The molecule has 3 aromatic rings. The van der Waals surface area contributed by atoms with Gasteiger partial charge in [-0.2, -0.15) is 0 Å². The van der Waals surface area contributed by atoms with Crippen molar-refractivity contribution in [3.63, 3.8) is 0 Å². The van der Waals surface area contributed by atoms with E-state index in [1.165, 1.54) is 16.7 Å². The van der Waals surface area contributed by atoms with E-state index in [-0.39, 0.29) is 5.91 Å². The molecular weight excluding hydrogens is 420 g/mol. The maximum atomic E-state index is 11.9. The summed E-state index contributed by atoms with van der Waals surface area (Å²) in [4.78, 5) is 11.9. The predicted molar refractivity (Wildman–Crippen MR) is 129 cm³/mol. The molecule has 7 heteroatoms. The molecule has 1 heterocycles. The molecule has 3 rings (SSSR count). The first kappa shape index (κ1) is 24.0. The van der Waals surface area contributed by atoms with Crippen molar-refractivity contribution in [1.82, 2.24) is 20.1 Å². The minimum absolute atomic E-state index is 0.0660. The Kier molecular flexibility index (Phi) is 9.31. The highest BCUT2D eigenvalue weighted by Gasteiger charge is 2.15. The number of unbranched alkanes of at least 4 members (excludes halogenated alkanes) is 1. The molecule has 1 amide bonds. The number of hydrogen-bond acceptors (Lipinski definition) is 5. The molecule has 0 unspecified atom stereocenters. The second kappa shape index (κ2) is 12.4. The Hall–Kier alpha value is -2.64. The summed E-state index contributed by atoms with van der Waals surface area (Å²) in [5, 5.41) is 12.7. The van der Waals surface area contributed by atoms with Crippen molar-refractivity contribution in [2.24, 2.45) is 0 Å². The Balaban J connectivity index is 1.65. The Labute approximate surface area is 194 Å². The highest BCUT2D eigenvalue weighted by molar-refractivity contribution is 7.98. The molecule has 0 saturated heterocycles. The lowest BCUT2D eigenvalue weighted by atomic mass is 10.1. The van der Waals surface area contributed by atoms with E-state index in [4.69, 9.17) is 4.74 Å². The number of thioether (sulfide) groups is 1. The number of hydrogen-bond donors (Lipinski definition) is 1.